The molecule has 0 saturated heterocycles. The predicted octanol–water partition coefficient (Wildman–Crippen LogP) is 1.45. The van der Waals surface area contributed by atoms with E-state index in [-0.39, 0.29) is 5.56 Å². The van der Waals surface area contributed by atoms with E-state index in [4.69, 9.17) is 4.42 Å². The van der Waals surface area contributed by atoms with Crippen LogP contribution >= 0.6 is 0 Å². The minimum Gasteiger partial charge on any atom is -0.463 e. The SMILES string of the molecule is Cc1ccc(=O)n(Cc2ccc(CNC3CC3)o2)n1. The number of furan rings is 1. The quantitative estimate of drug-likeness (QED) is 0.882. The van der Waals surface area contributed by atoms with Crippen LogP contribution < -0.4 is 10.9 Å². The Hall–Kier alpha value is -1.88. The Bertz CT molecular complexity index is 626. The first-order valence-electron chi connectivity index (χ1n) is 6.56. The molecule has 2 aromatic heterocycles. The maximum atomic E-state index is 11.7. The highest BCUT2D eigenvalue weighted by molar-refractivity contribution is 5.08. The molecule has 0 spiro atoms. The predicted molar refractivity (Wildman–Crippen MR) is 70.9 cm³/mol. The van der Waals surface area contributed by atoms with Gasteiger partial charge in [-0.05, 0) is 38.0 Å². The van der Waals surface area contributed by atoms with Gasteiger partial charge in [0.1, 0.15) is 18.1 Å². The van der Waals surface area contributed by atoms with Crippen molar-refractivity contribution in [3.8, 4) is 0 Å². The summed E-state index contributed by atoms with van der Waals surface area (Å²) in [5.74, 6) is 1.66. The Morgan fingerprint density at radius 1 is 1.32 bits per heavy atom. The Labute approximate surface area is 111 Å². The maximum Gasteiger partial charge on any atom is 0.267 e. The van der Waals surface area contributed by atoms with Gasteiger partial charge in [0.2, 0.25) is 0 Å². The Morgan fingerprint density at radius 3 is 2.89 bits per heavy atom. The van der Waals surface area contributed by atoms with Crippen molar-refractivity contribution < 1.29 is 4.42 Å². The summed E-state index contributed by atoms with van der Waals surface area (Å²) >= 11 is 0. The van der Waals surface area contributed by atoms with Gasteiger partial charge in [0.25, 0.3) is 5.56 Å². The molecular weight excluding hydrogens is 242 g/mol. The smallest absolute Gasteiger partial charge is 0.267 e. The van der Waals surface area contributed by atoms with Gasteiger partial charge in [0.15, 0.2) is 0 Å². The highest BCUT2D eigenvalue weighted by atomic mass is 16.3. The van der Waals surface area contributed by atoms with Gasteiger partial charge in [0, 0.05) is 12.1 Å². The van der Waals surface area contributed by atoms with E-state index in [0.29, 0.717) is 12.6 Å². The summed E-state index contributed by atoms with van der Waals surface area (Å²) in [6, 6.07) is 7.76. The summed E-state index contributed by atoms with van der Waals surface area (Å²) in [7, 11) is 0. The molecule has 1 N–H and O–H groups in total. The van der Waals surface area contributed by atoms with E-state index >= 15 is 0 Å². The van der Waals surface area contributed by atoms with Gasteiger partial charge < -0.3 is 9.73 Å². The van der Waals surface area contributed by atoms with Crippen molar-refractivity contribution in [3.63, 3.8) is 0 Å². The summed E-state index contributed by atoms with van der Waals surface area (Å²) in [5.41, 5.74) is 0.710. The summed E-state index contributed by atoms with van der Waals surface area (Å²) < 4.78 is 7.12. The van der Waals surface area contributed by atoms with E-state index in [1.165, 1.54) is 23.6 Å². The third kappa shape index (κ3) is 3.12. The molecule has 5 heteroatoms. The zero-order valence-electron chi connectivity index (χ0n) is 10.9. The standard InChI is InChI=1S/C14H17N3O2/c1-10-2-7-14(18)17(16-10)9-13-6-5-12(19-13)8-15-11-3-4-11/h2,5-7,11,15H,3-4,8-9H2,1H3. The lowest BCUT2D eigenvalue weighted by atomic mass is 10.4. The number of aromatic nitrogens is 2. The fourth-order valence-corrected chi connectivity index (χ4v) is 1.95. The zero-order valence-corrected chi connectivity index (χ0v) is 10.9. The summed E-state index contributed by atoms with van der Waals surface area (Å²) in [6.45, 7) is 2.99. The number of rotatable bonds is 5. The van der Waals surface area contributed by atoms with Crippen LogP contribution in [0.5, 0.6) is 0 Å². The van der Waals surface area contributed by atoms with E-state index < -0.39 is 0 Å². The first-order valence-corrected chi connectivity index (χ1v) is 6.56. The van der Waals surface area contributed by atoms with Crippen molar-refractivity contribution in [1.29, 1.82) is 0 Å². The number of aryl methyl sites for hydroxylation is 1. The molecule has 0 aromatic carbocycles. The van der Waals surface area contributed by atoms with E-state index in [1.54, 1.807) is 6.07 Å². The van der Waals surface area contributed by atoms with Crippen LogP contribution in [0, 0.1) is 6.92 Å². The van der Waals surface area contributed by atoms with Gasteiger partial charge in [-0.25, -0.2) is 4.68 Å². The lowest BCUT2D eigenvalue weighted by molar-refractivity contribution is 0.424. The number of nitrogens with one attached hydrogen (secondary N) is 1. The van der Waals surface area contributed by atoms with Crippen LogP contribution in [0.1, 0.15) is 30.1 Å². The second kappa shape index (κ2) is 5.01. The summed E-state index contributed by atoms with van der Waals surface area (Å²) in [6.07, 6.45) is 2.52. The Morgan fingerprint density at radius 2 is 2.11 bits per heavy atom. The molecule has 3 rings (SSSR count). The minimum absolute atomic E-state index is 0.111. The van der Waals surface area contributed by atoms with Gasteiger partial charge in [0.05, 0.1) is 12.2 Å². The molecule has 1 saturated carbocycles. The highest BCUT2D eigenvalue weighted by Crippen LogP contribution is 2.19. The monoisotopic (exact) mass is 259 g/mol. The molecule has 2 aromatic rings. The van der Waals surface area contributed by atoms with Crippen molar-refractivity contribution in [2.75, 3.05) is 0 Å². The lowest BCUT2D eigenvalue weighted by Crippen LogP contribution is -2.22. The third-order valence-corrected chi connectivity index (χ3v) is 3.17. The van der Waals surface area contributed by atoms with E-state index in [2.05, 4.69) is 10.4 Å². The molecule has 5 nitrogen and oxygen atoms in total. The minimum atomic E-state index is -0.111. The molecule has 0 unspecified atom stereocenters. The second-order valence-corrected chi connectivity index (χ2v) is 4.99. The topological polar surface area (TPSA) is 60.1 Å². The molecule has 0 amide bonds. The maximum absolute atomic E-state index is 11.7. The molecule has 0 bridgehead atoms. The molecule has 0 radical (unpaired) electrons. The second-order valence-electron chi connectivity index (χ2n) is 4.99. The number of hydrogen-bond acceptors (Lipinski definition) is 4. The molecule has 2 heterocycles. The largest absolute Gasteiger partial charge is 0.463 e. The van der Waals surface area contributed by atoms with Crippen LogP contribution in [-0.2, 0) is 13.1 Å². The van der Waals surface area contributed by atoms with Crippen molar-refractivity contribution in [2.45, 2.75) is 38.9 Å². The molecular formula is C14H17N3O2. The van der Waals surface area contributed by atoms with Crippen LogP contribution in [0.3, 0.4) is 0 Å². The molecule has 1 aliphatic carbocycles. The fourth-order valence-electron chi connectivity index (χ4n) is 1.95. The molecule has 0 aliphatic heterocycles. The molecule has 1 fully saturated rings. The van der Waals surface area contributed by atoms with Crippen LogP contribution in [0.4, 0.5) is 0 Å². The number of nitrogens with zero attached hydrogens (tertiary/aromatic N) is 2. The van der Waals surface area contributed by atoms with Crippen LogP contribution in [0.15, 0.2) is 33.5 Å². The van der Waals surface area contributed by atoms with Crippen molar-refractivity contribution >= 4 is 0 Å². The highest BCUT2D eigenvalue weighted by Gasteiger charge is 2.20. The van der Waals surface area contributed by atoms with Gasteiger partial charge in [-0.2, -0.15) is 5.10 Å². The molecule has 100 valence electrons. The molecule has 1 aliphatic rings. The van der Waals surface area contributed by atoms with Crippen LogP contribution in [-0.4, -0.2) is 15.8 Å². The zero-order chi connectivity index (χ0) is 13.2. The first-order chi connectivity index (χ1) is 9.20. The van der Waals surface area contributed by atoms with Gasteiger partial charge in [-0.3, -0.25) is 4.79 Å². The summed E-state index contributed by atoms with van der Waals surface area (Å²) in [5, 5.41) is 7.58. The van der Waals surface area contributed by atoms with Gasteiger partial charge in [-0.15, -0.1) is 0 Å². The average molecular weight is 259 g/mol. The number of hydrogen-bond donors (Lipinski definition) is 1. The van der Waals surface area contributed by atoms with E-state index in [0.717, 1.165) is 23.8 Å². The lowest BCUT2D eigenvalue weighted by Gasteiger charge is -2.03. The van der Waals surface area contributed by atoms with Gasteiger partial charge in [-0.1, -0.05) is 0 Å². The fraction of sp³-hybridized carbons (Fsp3) is 0.429. The Balaban J connectivity index is 1.68. The Kier molecular flexibility index (Phi) is 3.21. The van der Waals surface area contributed by atoms with Gasteiger partial charge >= 0.3 is 0 Å². The molecule has 19 heavy (non-hydrogen) atoms. The normalized spacial score (nSPS) is 14.8. The molecule has 0 atom stereocenters. The average Bonchev–Trinajstić information content (AvgIpc) is 3.12. The van der Waals surface area contributed by atoms with E-state index in [1.807, 2.05) is 19.1 Å². The third-order valence-electron chi connectivity index (χ3n) is 3.17. The van der Waals surface area contributed by atoms with Crippen molar-refractivity contribution in [3.05, 3.63) is 51.8 Å². The van der Waals surface area contributed by atoms with Crippen molar-refractivity contribution in [2.24, 2.45) is 0 Å². The van der Waals surface area contributed by atoms with Crippen LogP contribution in [0.2, 0.25) is 0 Å². The van der Waals surface area contributed by atoms with Crippen LogP contribution in [0.25, 0.3) is 0 Å². The van der Waals surface area contributed by atoms with E-state index in [9.17, 15) is 4.79 Å². The summed E-state index contributed by atoms with van der Waals surface area (Å²) in [4.78, 5) is 11.7. The van der Waals surface area contributed by atoms with Crippen molar-refractivity contribution in [1.82, 2.24) is 15.1 Å². The first kappa shape index (κ1) is 12.2.